The van der Waals surface area contributed by atoms with Crippen LogP contribution in [0.25, 0.3) is 11.0 Å². The lowest BCUT2D eigenvalue weighted by atomic mass is 9.96. The van der Waals surface area contributed by atoms with E-state index in [1.165, 1.54) is 0 Å². The highest BCUT2D eigenvalue weighted by molar-refractivity contribution is 5.82. The third kappa shape index (κ3) is 5.05. The largest absolute Gasteiger partial charge is 0.393 e. The van der Waals surface area contributed by atoms with E-state index in [0.717, 1.165) is 35.9 Å². The van der Waals surface area contributed by atoms with Gasteiger partial charge in [-0.1, -0.05) is 21.8 Å². The minimum atomic E-state index is -0.281. The number of amides is 1. The Hall–Kier alpha value is -1.88. The van der Waals surface area contributed by atoms with Crippen LogP contribution < -0.4 is 0 Å². The van der Waals surface area contributed by atoms with Crippen molar-refractivity contribution in [1.29, 1.82) is 0 Å². The first-order valence-corrected chi connectivity index (χ1v) is 8.38. The van der Waals surface area contributed by atoms with Gasteiger partial charge in [0.25, 0.3) is 0 Å². The molecule has 2 aromatic rings. The zero-order valence-corrected chi connectivity index (χ0v) is 13.5. The Morgan fingerprint density at radius 3 is 3.04 bits per heavy atom. The summed E-state index contributed by atoms with van der Waals surface area (Å²) in [4.78, 5) is 21.9. The van der Waals surface area contributed by atoms with Gasteiger partial charge in [0.05, 0.1) is 12.6 Å². The molecule has 0 spiro atoms. The third-order valence-corrected chi connectivity index (χ3v) is 4.61. The van der Waals surface area contributed by atoms with Crippen LogP contribution in [-0.2, 0) is 4.79 Å². The molecule has 2 aromatic heterocycles. The number of fused-ring (bicyclic) bond motifs is 1. The van der Waals surface area contributed by atoms with Gasteiger partial charge in [0, 0.05) is 30.7 Å². The van der Waals surface area contributed by atoms with Crippen molar-refractivity contribution in [2.24, 2.45) is 0 Å². The minimum Gasteiger partial charge on any atom is -0.393 e. The van der Waals surface area contributed by atoms with Gasteiger partial charge >= 0.3 is 0 Å². The molecule has 0 bridgehead atoms. The summed E-state index contributed by atoms with van der Waals surface area (Å²) in [6.45, 7) is 4.69. The Morgan fingerprint density at radius 1 is 1.44 bits per heavy atom. The number of hydrogen-bond acceptors (Lipinski definition) is 3. The Morgan fingerprint density at radius 2 is 2.24 bits per heavy atom. The quantitative estimate of drug-likeness (QED) is 0.873. The maximum Gasteiger partial charge on any atom is 0.223 e. The molecule has 139 valence electrons. The van der Waals surface area contributed by atoms with E-state index in [1.54, 1.807) is 11.1 Å². The Balaban J connectivity index is 0.00000156. The highest BCUT2D eigenvalue weighted by Gasteiger charge is 2.22. The van der Waals surface area contributed by atoms with Crippen LogP contribution in [0.3, 0.4) is 0 Å². The van der Waals surface area contributed by atoms with E-state index in [4.69, 9.17) is 0 Å². The van der Waals surface area contributed by atoms with Crippen LogP contribution in [-0.4, -0.2) is 38.5 Å². The maximum atomic E-state index is 12.6. The summed E-state index contributed by atoms with van der Waals surface area (Å²) in [5.41, 5.74) is 2.00. The van der Waals surface area contributed by atoms with Crippen molar-refractivity contribution in [1.82, 2.24) is 14.9 Å². The number of aromatic nitrogens is 2. The molecule has 2 atom stereocenters. The summed E-state index contributed by atoms with van der Waals surface area (Å²) in [6.07, 6.45) is 7.19. The molecule has 3 rings (SSSR count). The SMILES string of the molecule is C.C.CC(CC(=O)N1[CH]CCCC(O)CC1)c1c[nH]c2ncccc12. The second-order valence-electron chi connectivity index (χ2n) is 6.39. The predicted octanol–water partition coefficient (Wildman–Crippen LogP) is 4.25. The van der Waals surface area contributed by atoms with Crippen LogP contribution >= 0.6 is 0 Å². The lowest BCUT2D eigenvalue weighted by Gasteiger charge is -2.27. The van der Waals surface area contributed by atoms with Gasteiger partial charge in [-0.15, -0.1) is 0 Å². The summed E-state index contributed by atoms with van der Waals surface area (Å²) in [7, 11) is 0. The van der Waals surface area contributed by atoms with Gasteiger partial charge in [-0.05, 0) is 49.3 Å². The van der Waals surface area contributed by atoms with Gasteiger partial charge in [0.1, 0.15) is 5.65 Å². The monoisotopic (exact) mass is 346 g/mol. The average molecular weight is 346 g/mol. The normalized spacial score (nSPS) is 19.3. The van der Waals surface area contributed by atoms with Gasteiger partial charge < -0.3 is 15.0 Å². The van der Waals surface area contributed by atoms with E-state index in [9.17, 15) is 9.90 Å². The number of H-pyrrole nitrogens is 1. The zero-order valence-electron chi connectivity index (χ0n) is 13.5. The molecular formula is C20H32N3O2. The lowest BCUT2D eigenvalue weighted by molar-refractivity contribution is -0.130. The van der Waals surface area contributed by atoms with Crippen LogP contribution in [0.1, 0.15) is 65.4 Å². The van der Waals surface area contributed by atoms with Gasteiger partial charge in [-0.2, -0.15) is 0 Å². The van der Waals surface area contributed by atoms with Crippen molar-refractivity contribution in [2.75, 3.05) is 6.54 Å². The fourth-order valence-corrected chi connectivity index (χ4v) is 3.22. The van der Waals surface area contributed by atoms with E-state index < -0.39 is 0 Å². The fraction of sp³-hybridized carbons (Fsp3) is 0.550. The number of aliphatic hydroxyl groups is 1. The molecule has 2 unspecified atom stereocenters. The number of pyridine rings is 1. The minimum absolute atomic E-state index is 0. The smallest absolute Gasteiger partial charge is 0.223 e. The third-order valence-electron chi connectivity index (χ3n) is 4.61. The highest BCUT2D eigenvalue weighted by atomic mass is 16.3. The Bertz CT molecular complexity index is 668. The van der Waals surface area contributed by atoms with Crippen molar-refractivity contribution >= 4 is 16.9 Å². The molecular weight excluding hydrogens is 314 g/mol. The predicted molar refractivity (Wildman–Crippen MR) is 103 cm³/mol. The van der Waals surface area contributed by atoms with Crippen LogP contribution in [0.5, 0.6) is 0 Å². The summed E-state index contributed by atoms with van der Waals surface area (Å²) in [5, 5.41) is 10.9. The number of aliphatic hydroxyl groups excluding tert-OH is 1. The molecule has 25 heavy (non-hydrogen) atoms. The molecule has 0 aliphatic carbocycles. The summed E-state index contributed by atoms with van der Waals surface area (Å²) >= 11 is 0. The molecule has 1 aliphatic heterocycles. The van der Waals surface area contributed by atoms with Gasteiger partial charge in [-0.3, -0.25) is 4.79 Å². The Kier molecular flexibility index (Phi) is 8.10. The zero-order chi connectivity index (χ0) is 16.2. The maximum absolute atomic E-state index is 12.6. The number of rotatable bonds is 3. The molecule has 5 nitrogen and oxygen atoms in total. The molecule has 0 saturated carbocycles. The molecule has 5 heteroatoms. The van der Waals surface area contributed by atoms with Crippen LogP contribution in [0.2, 0.25) is 0 Å². The molecule has 1 radical (unpaired) electrons. The van der Waals surface area contributed by atoms with Crippen LogP contribution in [0.4, 0.5) is 0 Å². The van der Waals surface area contributed by atoms with Crippen molar-refractivity contribution in [3.63, 3.8) is 0 Å². The first-order valence-electron chi connectivity index (χ1n) is 8.38. The number of aromatic amines is 1. The average Bonchev–Trinajstić information content (AvgIpc) is 2.95. The first-order chi connectivity index (χ1) is 11.1. The molecule has 1 amide bonds. The number of carbonyl (C=O) groups excluding carboxylic acids is 1. The second kappa shape index (κ2) is 9.56. The first kappa shape index (κ1) is 21.2. The topological polar surface area (TPSA) is 69.2 Å². The molecule has 1 saturated heterocycles. The lowest BCUT2D eigenvalue weighted by Crippen LogP contribution is -2.33. The second-order valence-corrected chi connectivity index (χ2v) is 6.39. The van der Waals surface area contributed by atoms with Gasteiger partial charge in [0.15, 0.2) is 0 Å². The van der Waals surface area contributed by atoms with Gasteiger partial charge in [0.2, 0.25) is 5.91 Å². The number of carbonyl (C=O) groups is 1. The summed E-state index contributed by atoms with van der Waals surface area (Å²) in [6, 6.07) is 3.95. The van der Waals surface area contributed by atoms with Crippen molar-refractivity contribution in [2.45, 2.75) is 65.9 Å². The fourth-order valence-electron chi connectivity index (χ4n) is 3.22. The Labute approximate surface area is 151 Å². The van der Waals surface area contributed by atoms with Gasteiger partial charge in [-0.25, -0.2) is 4.98 Å². The molecule has 1 aliphatic rings. The van der Waals surface area contributed by atoms with E-state index in [0.29, 0.717) is 19.4 Å². The number of nitrogens with zero attached hydrogens (tertiary/aromatic N) is 2. The highest BCUT2D eigenvalue weighted by Crippen LogP contribution is 2.27. The van der Waals surface area contributed by atoms with Crippen molar-refractivity contribution in [3.05, 3.63) is 36.6 Å². The standard InChI is InChI=1S/C18H24N3O2.2CH4/c1-13(16-12-20-18-15(16)6-4-8-19-18)11-17(23)21-9-3-2-5-14(22)7-10-21;;/h4,6,8-9,12-14,22H,2-3,5,7,10-11H2,1H3,(H,19,20);2*1H4. The molecule has 3 heterocycles. The number of likely N-dealkylation sites (tertiary alicyclic amines) is 1. The number of nitrogens with one attached hydrogen (secondary N) is 1. The van der Waals surface area contributed by atoms with E-state index in [1.807, 2.05) is 24.9 Å². The van der Waals surface area contributed by atoms with E-state index in [2.05, 4.69) is 16.9 Å². The molecule has 1 fully saturated rings. The van der Waals surface area contributed by atoms with Crippen LogP contribution in [0.15, 0.2) is 24.5 Å². The van der Waals surface area contributed by atoms with Crippen molar-refractivity contribution in [3.8, 4) is 0 Å². The summed E-state index contributed by atoms with van der Waals surface area (Å²) < 4.78 is 0. The molecule has 2 N–H and O–H groups in total. The molecule has 0 aromatic carbocycles. The van der Waals surface area contributed by atoms with E-state index in [-0.39, 0.29) is 32.8 Å². The van der Waals surface area contributed by atoms with Crippen molar-refractivity contribution < 1.29 is 9.90 Å². The number of hydrogen-bond donors (Lipinski definition) is 2. The van der Waals surface area contributed by atoms with Crippen LogP contribution in [0, 0.1) is 6.54 Å². The van der Waals surface area contributed by atoms with E-state index >= 15 is 0 Å². The summed E-state index contributed by atoms with van der Waals surface area (Å²) in [5.74, 6) is 0.258.